The van der Waals surface area contributed by atoms with E-state index in [4.69, 9.17) is 9.15 Å². The molecule has 8 nitrogen and oxygen atoms in total. The first-order chi connectivity index (χ1) is 17.1. The lowest BCUT2D eigenvalue weighted by molar-refractivity contribution is -0.121. The summed E-state index contributed by atoms with van der Waals surface area (Å²) >= 11 is 0. The average Bonchev–Trinajstić information content (AvgIpc) is 3.51. The molecule has 0 radical (unpaired) electrons. The minimum atomic E-state index is -0.523. The second kappa shape index (κ2) is 10.9. The van der Waals surface area contributed by atoms with Crippen molar-refractivity contribution in [1.82, 2.24) is 9.88 Å². The minimum Gasteiger partial charge on any atom is -0.494 e. The monoisotopic (exact) mass is 468 g/mol. The number of fused-ring (bicyclic) bond motifs is 1. The van der Waals surface area contributed by atoms with E-state index >= 15 is 0 Å². The quantitative estimate of drug-likeness (QED) is 0.278. The summed E-state index contributed by atoms with van der Waals surface area (Å²) in [7, 11) is 0. The minimum absolute atomic E-state index is 0.0518. The Morgan fingerprint density at radius 2 is 1.91 bits per heavy atom. The van der Waals surface area contributed by atoms with Crippen molar-refractivity contribution in [2.75, 3.05) is 11.9 Å². The standard InChI is InChI=1S/C27H24N4O4/c1-2-34-22-11-9-21(10-12-22)30-27(33)19(15-28)14-20-17-31(25-8-4-3-7-24(20)25)18-26(32)29-16-23-6-5-13-35-23/h3-14,17H,2,16,18H2,1H3,(H,29,32)(H,30,33)/b19-14+. The number of hydrogen-bond donors (Lipinski definition) is 2. The van der Waals surface area contributed by atoms with Gasteiger partial charge in [0.15, 0.2) is 0 Å². The highest BCUT2D eigenvalue weighted by Crippen LogP contribution is 2.24. The van der Waals surface area contributed by atoms with Crippen LogP contribution in [0.1, 0.15) is 18.2 Å². The van der Waals surface area contributed by atoms with Crippen LogP contribution in [-0.2, 0) is 22.7 Å². The molecule has 0 aliphatic heterocycles. The lowest BCUT2D eigenvalue weighted by Crippen LogP contribution is -2.26. The third-order valence-corrected chi connectivity index (χ3v) is 5.26. The Bertz CT molecular complexity index is 1390. The van der Waals surface area contributed by atoms with E-state index in [1.807, 2.05) is 37.3 Å². The van der Waals surface area contributed by atoms with Gasteiger partial charge >= 0.3 is 0 Å². The molecule has 0 bridgehead atoms. The number of carbonyl (C=O) groups is 2. The lowest BCUT2D eigenvalue weighted by Gasteiger charge is -2.06. The van der Waals surface area contributed by atoms with Crippen LogP contribution in [0.3, 0.4) is 0 Å². The van der Waals surface area contributed by atoms with E-state index in [0.717, 1.165) is 10.9 Å². The first kappa shape index (κ1) is 23.4. The number of rotatable bonds is 9. The largest absolute Gasteiger partial charge is 0.494 e. The molecule has 4 rings (SSSR count). The Morgan fingerprint density at radius 1 is 1.11 bits per heavy atom. The maximum absolute atomic E-state index is 12.8. The number of anilines is 1. The van der Waals surface area contributed by atoms with Gasteiger partial charge in [0.2, 0.25) is 5.91 Å². The van der Waals surface area contributed by atoms with E-state index in [2.05, 4.69) is 10.6 Å². The zero-order valence-corrected chi connectivity index (χ0v) is 19.2. The van der Waals surface area contributed by atoms with Gasteiger partial charge in [-0.2, -0.15) is 5.26 Å². The molecule has 2 N–H and O–H groups in total. The van der Waals surface area contributed by atoms with Gasteiger partial charge in [0, 0.05) is 28.4 Å². The first-order valence-corrected chi connectivity index (χ1v) is 11.1. The highest BCUT2D eigenvalue weighted by molar-refractivity contribution is 6.10. The third-order valence-electron chi connectivity index (χ3n) is 5.26. The molecule has 2 aromatic carbocycles. The predicted molar refractivity (Wildman–Crippen MR) is 132 cm³/mol. The fraction of sp³-hybridized carbons (Fsp3) is 0.148. The molecular weight excluding hydrogens is 444 g/mol. The summed E-state index contributed by atoms with van der Waals surface area (Å²) in [5.41, 5.74) is 1.98. The number of nitrogens with one attached hydrogen (secondary N) is 2. The molecule has 0 atom stereocenters. The maximum atomic E-state index is 12.8. The van der Waals surface area contributed by atoms with Crippen molar-refractivity contribution < 1.29 is 18.7 Å². The number of carbonyl (C=O) groups excluding carboxylic acids is 2. The van der Waals surface area contributed by atoms with Gasteiger partial charge in [0.05, 0.1) is 19.4 Å². The molecular formula is C27H24N4O4. The maximum Gasteiger partial charge on any atom is 0.266 e. The smallest absolute Gasteiger partial charge is 0.266 e. The summed E-state index contributed by atoms with van der Waals surface area (Å²) in [5.74, 6) is 0.648. The van der Waals surface area contributed by atoms with Crippen LogP contribution in [0.25, 0.3) is 17.0 Å². The Hall–Kier alpha value is -4.77. The third kappa shape index (κ3) is 5.78. The summed E-state index contributed by atoms with van der Waals surface area (Å²) in [4.78, 5) is 25.3. The molecule has 0 saturated heterocycles. The van der Waals surface area contributed by atoms with Crippen molar-refractivity contribution in [3.63, 3.8) is 0 Å². The molecule has 0 saturated carbocycles. The Labute approximate surface area is 202 Å². The van der Waals surface area contributed by atoms with Gasteiger partial charge in [-0.3, -0.25) is 9.59 Å². The molecule has 35 heavy (non-hydrogen) atoms. The van der Waals surface area contributed by atoms with Crippen LogP contribution >= 0.6 is 0 Å². The topological polar surface area (TPSA) is 109 Å². The van der Waals surface area contributed by atoms with Gasteiger partial charge in [-0.15, -0.1) is 0 Å². The van der Waals surface area contributed by atoms with Gasteiger partial charge in [0.1, 0.15) is 29.7 Å². The summed E-state index contributed by atoms with van der Waals surface area (Å²) < 4.78 is 12.4. The first-order valence-electron chi connectivity index (χ1n) is 11.1. The number of para-hydroxylation sites is 1. The second-order valence-electron chi connectivity index (χ2n) is 7.67. The van der Waals surface area contributed by atoms with E-state index in [9.17, 15) is 14.9 Å². The number of hydrogen-bond acceptors (Lipinski definition) is 5. The van der Waals surface area contributed by atoms with E-state index < -0.39 is 5.91 Å². The van der Waals surface area contributed by atoms with Crippen molar-refractivity contribution in [3.8, 4) is 11.8 Å². The number of aromatic nitrogens is 1. The zero-order chi connectivity index (χ0) is 24.6. The number of furan rings is 1. The summed E-state index contributed by atoms with van der Waals surface area (Å²) in [6.45, 7) is 2.81. The molecule has 0 aliphatic rings. The van der Waals surface area contributed by atoms with Crippen LogP contribution in [0.15, 0.2) is 83.1 Å². The Balaban J connectivity index is 1.52. The van der Waals surface area contributed by atoms with Gasteiger partial charge in [-0.05, 0) is 55.5 Å². The highest BCUT2D eigenvalue weighted by Gasteiger charge is 2.14. The van der Waals surface area contributed by atoms with Crippen LogP contribution in [0.5, 0.6) is 5.75 Å². The Kier molecular flexibility index (Phi) is 7.28. The number of benzene rings is 2. The van der Waals surface area contributed by atoms with Gasteiger partial charge in [0.25, 0.3) is 5.91 Å². The molecule has 4 aromatic rings. The van der Waals surface area contributed by atoms with E-state index in [0.29, 0.717) is 35.9 Å². The van der Waals surface area contributed by atoms with Gasteiger partial charge in [-0.25, -0.2) is 0 Å². The summed E-state index contributed by atoms with van der Waals surface area (Å²) in [5, 5.41) is 16.0. The molecule has 2 amide bonds. The van der Waals surface area contributed by atoms with E-state index in [1.54, 1.807) is 53.4 Å². The van der Waals surface area contributed by atoms with E-state index in [1.165, 1.54) is 6.08 Å². The van der Waals surface area contributed by atoms with E-state index in [-0.39, 0.29) is 18.0 Å². The van der Waals surface area contributed by atoms with Crippen LogP contribution in [-0.4, -0.2) is 23.0 Å². The number of nitrogens with zero attached hydrogens (tertiary/aromatic N) is 2. The zero-order valence-electron chi connectivity index (χ0n) is 19.2. The molecule has 2 heterocycles. The molecule has 8 heteroatoms. The number of nitriles is 1. The molecule has 0 unspecified atom stereocenters. The lowest BCUT2D eigenvalue weighted by atomic mass is 10.1. The fourth-order valence-corrected chi connectivity index (χ4v) is 3.63. The van der Waals surface area contributed by atoms with Gasteiger partial charge < -0.3 is 24.4 Å². The number of ether oxygens (including phenoxy) is 1. The van der Waals surface area contributed by atoms with Crippen LogP contribution < -0.4 is 15.4 Å². The predicted octanol–water partition coefficient (Wildman–Crippen LogP) is 4.50. The molecule has 2 aromatic heterocycles. The normalized spacial score (nSPS) is 11.1. The average molecular weight is 469 g/mol. The highest BCUT2D eigenvalue weighted by atomic mass is 16.5. The second-order valence-corrected chi connectivity index (χ2v) is 7.67. The van der Waals surface area contributed by atoms with Crippen LogP contribution in [0, 0.1) is 11.3 Å². The van der Waals surface area contributed by atoms with Crippen molar-refractivity contribution in [2.24, 2.45) is 0 Å². The van der Waals surface area contributed by atoms with Crippen molar-refractivity contribution in [2.45, 2.75) is 20.0 Å². The van der Waals surface area contributed by atoms with Crippen molar-refractivity contribution in [1.29, 1.82) is 5.26 Å². The Morgan fingerprint density at radius 3 is 2.63 bits per heavy atom. The summed E-state index contributed by atoms with van der Waals surface area (Å²) in [6.07, 6.45) is 4.85. The molecule has 0 aliphatic carbocycles. The number of amides is 2. The van der Waals surface area contributed by atoms with Crippen LogP contribution in [0.2, 0.25) is 0 Å². The van der Waals surface area contributed by atoms with Crippen LogP contribution in [0.4, 0.5) is 5.69 Å². The fourth-order valence-electron chi connectivity index (χ4n) is 3.63. The van der Waals surface area contributed by atoms with Gasteiger partial charge in [-0.1, -0.05) is 18.2 Å². The van der Waals surface area contributed by atoms with Crippen molar-refractivity contribution in [3.05, 3.63) is 90.0 Å². The molecule has 0 spiro atoms. The van der Waals surface area contributed by atoms with Crippen molar-refractivity contribution >= 4 is 34.5 Å². The summed E-state index contributed by atoms with van der Waals surface area (Å²) in [6, 6.07) is 20.0. The SMILES string of the molecule is CCOc1ccc(NC(=O)/C(C#N)=C/c2cn(CC(=O)NCc3ccco3)c3ccccc23)cc1. The molecule has 0 fully saturated rings. The molecule has 176 valence electrons.